The normalized spacial score (nSPS) is 16.8. The number of rotatable bonds is 11. The molecule has 5 rings (SSSR count). The van der Waals surface area contributed by atoms with Crippen LogP contribution in [0.4, 0.5) is 21.6 Å². The van der Waals surface area contributed by atoms with Crippen LogP contribution in [0.1, 0.15) is 19.3 Å². The SMILES string of the molecule is COCCN1CCN(C/C=C/C(=O)Nc2cc3c(Nc4ccc(F)c(Cl)c4)ncnc3cc2OC2CCC2)CC1. The maximum atomic E-state index is 13.6. The molecule has 1 amide bonds. The molecule has 2 N–H and O–H groups in total. The van der Waals surface area contributed by atoms with E-state index in [0.29, 0.717) is 40.4 Å². The highest BCUT2D eigenvalue weighted by molar-refractivity contribution is 6.31. The van der Waals surface area contributed by atoms with Gasteiger partial charge in [0.2, 0.25) is 5.91 Å². The molecule has 2 aromatic carbocycles. The first-order valence-electron chi connectivity index (χ1n) is 13.6. The summed E-state index contributed by atoms with van der Waals surface area (Å²) in [6.07, 6.45) is 8.10. The molecular formula is C29H34ClFN6O3. The van der Waals surface area contributed by atoms with Gasteiger partial charge in [-0.3, -0.25) is 14.6 Å². The number of fused-ring (bicyclic) bond motifs is 1. The number of carbonyl (C=O) groups excluding carboxylic acids is 1. The van der Waals surface area contributed by atoms with Gasteiger partial charge in [0.1, 0.15) is 23.7 Å². The maximum Gasteiger partial charge on any atom is 0.248 e. The van der Waals surface area contributed by atoms with Crippen molar-refractivity contribution in [2.24, 2.45) is 0 Å². The molecule has 1 aliphatic carbocycles. The van der Waals surface area contributed by atoms with E-state index in [4.69, 9.17) is 21.1 Å². The van der Waals surface area contributed by atoms with Gasteiger partial charge in [0.05, 0.1) is 28.9 Å². The molecule has 1 aromatic heterocycles. The van der Waals surface area contributed by atoms with Gasteiger partial charge < -0.3 is 20.1 Å². The lowest BCUT2D eigenvalue weighted by atomic mass is 9.96. The predicted octanol–water partition coefficient (Wildman–Crippen LogP) is 4.86. The van der Waals surface area contributed by atoms with Crippen molar-refractivity contribution >= 4 is 45.6 Å². The number of amides is 1. The van der Waals surface area contributed by atoms with E-state index >= 15 is 0 Å². The lowest BCUT2D eigenvalue weighted by molar-refractivity contribution is -0.111. The number of halogens is 2. The molecule has 9 nitrogen and oxygen atoms in total. The van der Waals surface area contributed by atoms with Gasteiger partial charge in [-0.1, -0.05) is 17.7 Å². The molecule has 2 fully saturated rings. The summed E-state index contributed by atoms with van der Waals surface area (Å²) in [5, 5.41) is 6.85. The summed E-state index contributed by atoms with van der Waals surface area (Å²) in [6, 6.07) is 7.99. The number of benzene rings is 2. The van der Waals surface area contributed by atoms with Gasteiger partial charge in [0.15, 0.2) is 0 Å². The Morgan fingerprint density at radius 3 is 2.67 bits per heavy atom. The summed E-state index contributed by atoms with van der Waals surface area (Å²) in [6.45, 7) is 6.28. The molecule has 2 heterocycles. The number of nitrogens with one attached hydrogen (secondary N) is 2. The van der Waals surface area contributed by atoms with Gasteiger partial charge in [0.25, 0.3) is 0 Å². The van der Waals surface area contributed by atoms with E-state index in [-0.39, 0.29) is 17.0 Å². The molecular weight excluding hydrogens is 535 g/mol. The second kappa shape index (κ2) is 13.4. The molecule has 1 saturated carbocycles. The zero-order chi connectivity index (χ0) is 27.9. The number of hydrogen-bond acceptors (Lipinski definition) is 8. The Labute approximate surface area is 238 Å². The molecule has 3 aromatic rings. The van der Waals surface area contributed by atoms with Crippen LogP contribution in [0.3, 0.4) is 0 Å². The van der Waals surface area contributed by atoms with Gasteiger partial charge in [-0.2, -0.15) is 0 Å². The van der Waals surface area contributed by atoms with Crippen LogP contribution in [0.25, 0.3) is 10.9 Å². The molecule has 0 unspecified atom stereocenters. The number of anilines is 3. The van der Waals surface area contributed by atoms with Crippen LogP contribution < -0.4 is 15.4 Å². The summed E-state index contributed by atoms with van der Waals surface area (Å²) in [4.78, 5) is 26.4. The van der Waals surface area contributed by atoms with Crippen LogP contribution in [0.5, 0.6) is 5.75 Å². The lowest BCUT2D eigenvalue weighted by Crippen LogP contribution is -2.47. The maximum absolute atomic E-state index is 13.6. The summed E-state index contributed by atoms with van der Waals surface area (Å²) in [5.41, 5.74) is 1.77. The third-order valence-corrected chi connectivity index (χ3v) is 7.52. The van der Waals surface area contributed by atoms with Crippen LogP contribution in [-0.4, -0.2) is 84.8 Å². The quantitative estimate of drug-likeness (QED) is 0.317. The van der Waals surface area contributed by atoms with Crippen molar-refractivity contribution in [3.63, 3.8) is 0 Å². The lowest BCUT2D eigenvalue weighted by Gasteiger charge is -2.33. The van der Waals surface area contributed by atoms with E-state index in [2.05, 4.69) is 30.4 Å². The van der Waals surface area contributed by atoms with Crippen molar-refractivity contribution in [3.8, 4) is 5.75 Å². The highest BCUT2D eigenvalue weighted by atomic mass is 35.5. The molecule has 40 heavy (non-hydrogen) atoms. The van der Waals surface area contributed by atoms with Crippen molar-refractivity contribution in [3.05, 3.63) is 59.7 Å². The molecule has 0 atom stereocenters. The fourth-order valence-electron chi connectivity index (χ4n) is 4.66. The van der Waals surface area contributed by atoms with Gasteiger partial charge in [0, 0.05) is 69.6 Å². The number of methoxy groups -OCH3 is 1. The first kappa shape index (κ1) is 28.2. The van der Waals surface area contributed by atoms with Gasteiger partial charge in [-0.15, -0.1) is 0 Å². The van der Waals surface area contributed by atoms with Gasteiger partial charge in [-0.25, -0.2) is 14.4 Å². The Balaban J connectivity index is 1.29. The third kappa shape index (κ3) is 7.25. The molecule has 2 aliphatic rings. The van der Waals surface area contributed by atoms with E-state index in [9.17, 15) is 9.18 Å². The largest absolute Gasteiger partial charge is 0.488 e. The van der Waals surface area contributed by atoms with Crippen molar-refractivity contribution in [1.29, 1.82) is 0 Å². The number of hydrogen-bond donors (Lipinski definition) is 2. The van der Waals surface area contributed by atoms with E-state index in [1.54, 1.807) is 19.3 Å². The smallest absolute Gasteiger partial charge is 0.248 e. The fourth-order valence-corrected chi connectivity index (χ4v) is 4.84. The molecule has 1 aliphatic heterocycles. The minimum atomic E-state index is -0.500. The van der Waals surface area contributed by atoms with E-state index < -0.39 is 5.82 Å². The standard InChI is InChI=1S/C29H34ClFN6O3/c1-39-15-14-37-12-10-36(11-13-37)9-3-6-28(38)35-26-17-22-25(18-27(26)40-21-4-2-5-21)32-19-33-29(22)34-20-7-8-24(31)23(30)16-20/h3,6-8,16-19,21H,2,4-5,9-15H2,1H3,(H,35,38)(H,32,33,34)/b6-3+. The second-order valence-corrected chi connectivity index (χ2v) is 10.4. The minimum Gasteiger partial charge on any atom is -0.488 e. The van der Waals surface area contributed by atoms with E-state index in [1.165, 1.54) is 18.5 Å². The van der Waals surface area contributed by atoms with Crippen molar-refractivity contribution < 1.29 is 18.7 Å². The number of piperazine rings is 1. The fraction of sp³-hybridized carbons (Fsp3) is 0.414. The molecule has 0 spiro atoms. The first-order chi connectivity index (χ1) is 19.5. The Morgan fingerprint density at radius 1 is 1.15 bits per heavy atom. The molecule has 1 saturated heterocycles. The number of aromatic nitrogens is 2. The van der Waals surface area contributed by atoms with Crippen LogP contribution in [-0.2, 0) is 9.53 Å². The molecule has 0 radical (unpaired) electrons. The molecule has 11 heteroatoms. The van der Waals surface area contributed by atoms with Crippen LogP contribution in [0.2, 0.25) is 5.02 Å². The number of nitrogens with zero attached hydrogens (tertiary/aromatic N) is 4. The third-order valence-electron chi connectivity index (χ3n) is 7.23. The topological polar surface area (TPSA) is 91.9 Å². The average molecular weight is 569 g/mol. The highest BCUT2D eigenvalue weighted by Gasteiger charge is 2.22. The second-order valence-electron chi connectivity index (χ2n) is 10.0. The monoisotopic (exact) mass is 568 g/mol. The number of carbonyl (C=O) groups is 1. The zero-order valence-electron chi connectivity index (χ0n) is 22.5. The summed E-state index contributed by atoms with van der Waals surface area (Å²) in [7, 11) is 1.72. The van der Waals surface area contributed by atoms with E-state index in [0.717, 1.165) is 58.6 Å². The van der Waals surface area contributed by atoms with Crippen LogP contribution in [0, 0.1) is 5.82 Å². The summed E-state index contributed by atoms with van der Waals surface area (Å²) >= 11 is 5.96. The van der Waals surface area contributed by atoms with Crippen molar-refractivity contribution in [2.45, 2.75) is 25.4 Å². The molecule has 212 valence electrons. The molecule has 0 bridgehead atoms. The van der Waals surface area contributed by atoms with Crippen LogP contribution >= 0.6 is 11.6 Å². The average Bonchev–Trinajstić information content (AvgIpc) is 2.93. The van der Waals surface area contributed by atoms with Crippen molar-refractivity contribution in [1.82, 2.24) is 19.8 Å². The Morgan fingerprint density at radius 2 is 1.95 bits per heavy atom. The van der Waals surface area contributed by atoms with Crippen molar-refractivity contribution in [2.75, 3.05) is 63.6 Å². The first-order valence-corrected chi connectivity index (χ1v) is 13.9. The van der Waals surface area contributed by atoms with Gasteiger partial charge in [-0.05, 0) is 43.5 Å². The summed E-state index contributed by atoms with van der Waals surface area (Å²) in [5.74, 6) is 0.326. The zero-order valence-corrected chi connectivity index (χ0v) is 23.3. The number of ether oxygens (including phenoxy) is 2. The Hall–Kier alpha value is -3.31. The predicted molar refractivity (Wildman–Crippen MR) is 155 cm³/mol. The van der Waals surface area contributed by atoms with Crippen LogP contribution in [0.15, 0.2) is 48.8 Å². The Kier molecular flexibility index (Phi) is 9.43. The Bertz CT molecular complexity index is 1360. The summed E-state index contributed by atoms with van der Waals surface area (Å²) < 4.78 is 25.0. The van der Waals surface area contributed by atoms with Gasteiger partial charge >= 0.3 is 0 Å². The minimum absolute atomic E-state index is 0.00672. The van der Waals surface area contributed by atoms with E-state index in [1.807, 2.05) is 18.2 Å². The highest BCUT2D eigenvalue weighted by Crippen LogP contribution is 2.36.